The van der Waals surface area contributed by atoms with Crippen molar-refractivity contribution in [3.8, 4) is 0 Å². The standard InChI is InChI=1S/C12H23N3O3/c1-3-10(2)13-11(17)12(18)15-6-4-14(5-7-15)8-9-16/h10,16H,3-9H2,1-2H3,(H,13,17). The van der Waals surface area contributed by atoms with Crippen LogP contribution in [0.1, 0.15) is 20.3 Å². The van der Waals surface area contributed by atoms with Crippen LogP contribution in [0.5, 0.6) is 0 Å². The summed E-state index contributed by atoms with van der Waals surface area (Å²) in [5.41, 5.74) is 0. The van der Waals surface area contributed by atoms with Crippen molar-refractivity contribution in [3.05, 3.63) is 0 Å². The summed E-state index contributed by atoms with van der Waals surface area (Å²) in [4.78, 5) is 27.2. The minimum absolute atomic E-state index is 0.0251. The van der Waals surface area contributed by atoms with Crippen molar-refractivity contribution < 1.29 is 14.7 Å². The van der Waals surface area contributed by atoms with Crippen molar-refractivity contribution in [1.29, 1.82) is 0 Å². The molecule has 0 aromatic carbocycles. The molecular formula is C12H23N3O3. The maximum absolute atomic E-state index is 11.9. The summed E-state index contributed by atoms with van der Waals surface area (Å²) in [6.45, 7) is 7.11. The van der Waals surface area contributed by atoms with Gasteiger partial charge in [-0.25, -0.2) is 0 Å². The van der Waals surface area contributed by atoms with E-state index in [9.17, 15) is 9.59 Å². The van der Waals surface area contributed by atoms with Crippen LogP contribution in [0.15, 0.2) is 0 Å². The van der Waals surface area contributed by atoms with E-state index in [1.807, 2.05) is 13.8 Å². The molecule has 1 aliphatic rings. The van der Waals surface area contributed by atoms with Crippen LogP contribution >= 0.6 is 0 Å². The molecule has 1 atom stereocenters. The second-order valence-electron chi connectivity index (χ2n) is 4.64. The van der Waals surface area contributed by atoms with Crippen molar-refractivity contribution in [3.63, 3.8) is 0 Å². The first-order chi connectivity index (χ1) is 8.58. The number of hydrogen-bond acceptors (Lipinski definition) is 4. The zero-order valence-corrected chi connectivity index (χ0v) is 11.2. The number of aliphatic hydroxyl groups is 1. The number of nitrogens with one attached hydrogen (secondary N) is 1. The van der Waals surface area contributed by atoms with E-state index in [1.54, 1.807) is 4.90 Å². The smallest absolute Gasteiger partial charge is 0.311 e. The molecule has 6 nitrogen and oxygen atoms in total. The monoisotopic (exact) mass is 257 g/mol. The minimum atomic E-state index is -0.514. The molecule has 1 fully saturated rings. The van der Waals surface area contributed by atoms with Crippen molar-refractivity contribution in [2.24, 2.45) is 0 Å². The van der Waals surface area contributed by atoms with Crippen LogP contribution in [-0.2, 0) is 9.59 Å². The molecule has 0 radical (unpaired) electrons. The number of aliphatic hydroxyl groups excluding tert-OH is 1. The Balaban J connectivity index is 2.37. The van der Waals surface area contributed by atoms with Crippen LogP contribution in [0.4, 0.5) is 0 Å². The molecule has 1 saturated heterocycles. The molecule has 0 aliphatic carbocycles. The lowest BCUT2D eigenvalue weighted by Crippen LogP contribution is -2.53. The first-order valence-corrected chi connectivity index (χ1v) is 6.51. The molecule has 1 unspecified atom stereocenters. The number of β-amino-alcohol motifs (C(OH)–C–C–N with tert-alkyl or cyclic N) is 1. The highest BCUT2D eigenvalue weighted by Gasteiger charge is 2.26. The Hall–Kier alpha value is -1.14. The zero-order chi connectivity index (χ0) is 13.5. The van der Waals surface area contributed by atoms with Crippen molar-refractivity contribution >= 4 is 11.8 Å². The van der Waals surface area contributed by atoms with Crippen LogP contribution in [0, 0.1) is 0 Å². The van der Waals surface area contributed by atoms with Crippen LogP contribution in [0.25, 0.3) is 0 Å². The molecule has 0 bridgehead atoms. The van der Waals surface area contributed by atoms with Gasteiger partial charge in [0.1, 0.15) is 0 Å². The van der Waals surface area contributed by atoms with Crippen molar-refractivity contribution in [2.75, 3.05) is 39.3 Å². The van der Waals surface area contributed by atoms with Gasteiger partial charge in [-0.2, -0.15) is 0 Å². The first-order valence-electron chi connectivity index (χ1n) is 6.51. The van der Waals surface area contributed by atoms with Crippen LogP contribution in [-0.4, -0.2) is 72.1 Å². The van der Waals surface area contributed by atoms with Gasteiger partial charge < -0.3 is 15.3 Å². The van der Waals surface area contributed by atoms with Crippen LogP contribution < -0.4 is 5.32 Å². The number of rotatable bonds is 4. The molecule has 2 amide bonds. The van der Waals surface area contributed by atoms with Crippen molar-refractivity contribution in [2.45, 2.75) is 26.3 Å². The number of carbonyl (C=O) groups excluding carboxylic acids is 2. The minimum Gasteiger partial charge on any atom is -0.395 e. The van der Waals surface area contributed by atoms with Gasteiger partial charge >= 0.3 is 11.8 Å². The summed E-state index contributed by atoms with van der Waals surface area (Å²) in [5, 5.41) is 11.5. The van der Waals surface area contributed by atoms with E-state index >= 15 is 0 Å². The Morgan fingerprint density at radius 2 is 1.89 bits per heavy atom. The van der Waals surface area contributed by atoms with Gasteiger partial charge in [-0.3, -0.25) is 14.5 Å². The number of nitrogens with zero attached hydrogens (tertiary/aromatic N) is 2. The lowest BCUT2D eigenvalue weighted by Gasteiger charge is -2.34. The summed E-state index contributed by atoms with van der Waals surface area (Å²) in [7, 11) is 0. The summed E-state index contributed by atoms with van der Waals surface area (Å²) in [6.07, 6.45) is 0.809. The van der Waals surface area contributed by atoms with E-state index in [2.05, 4.69) is 10.2 Å². The van der Waals surface area contributed by atoms with E-state index in [0.717, 1.165) is 6.42 Å². The lowest BCUT2D eigenvalue weighted by molar-refractivity contribution is -0.147. The van der Waals surface area contributed by atoms with Gasteiger partial charge in [0, 0.05) is 38.8 Å². The van der Waals surface area contributed by atoms with Crippen LogP contribution in [0.3, 0.4) is 0 Å². The predicted molar refractivity (Wildman–Crippen MR) is 68.0 cm³/mol. The molecule has 0 spiro atoms. The molecule has 6 heteroatoms. The Morgan fingerprint density at radius 3 is 2.39 bits per heavy atom. The number of amides is 2. The largest absolute Gasteiger partial charge is 0.395 e. The van der Waals surface area contributed by atoms with E-state index in [4.69, 9.17) is 5.11 Å². The van der Waals surface area contributed by atoms with E-state index in [0.29, 0.717) is 32.7 Å². The first kappa shape index (κ1) is 14.9. The maximum atomic E-state index is 11.9. The average Bonchev–Trinajstić information content (AvgIpc) is 2.39. The van der Waals surface area contributed by atoms with Crippen LogP contribution in [0.2, 0.25) is 0 Å². The maximum Gasteiger partial charge on any atom is 0.311 e. The normalized spacial score (nSPS) is 18.5. The molecule has 1 heterocycles. The van der Waals surface area contributed by atoms with Gasteiger partial charge in [-0.05, 0) is 13.3 Å². The second-order valence-corrected chi connectivity index (χ2v) is 4.64. The van der Waals surface area contributed by atoms with Gasteiger partial charge in [-0.15, -0.1) is 0 Å². The van der Waals surface area contributed by atoms with E-state index in [1.165, 1.54) is 0 Å². The molecule has 18 heavy (non-hydrogen) atoms. The average molecular weight is 257 g/mol. The van der Waals surface area contributed by atoms with Gasteiger partial charge in [0.05, 0.1) is 6.61 Å². The third-order valence-corrected chi connectivity index (χ3v) is 3.26. The molecule has 1 rings (SSSR count). The summed E-state index contributed by atoms with van der Waals surface area (Å²) in [6, 6.07) is 0.0251. The Labute approximate surface area is 108 Å². The highest BCUT2D eigenvalue weighted by atomic mass is 16.3. The molecular weight excluding hydrogens is 234 g/mol. The van der Waals surface area contributed by atoms with Gasteiger partial charge in [0.2, 0.25) is 0 Å². The Kier molecular flexibility index (Phi) is 6.07. The third-order valence-electron chi connectivity index (χ3n) is 3.26. The fourth-order valence-electron chi connectivity index (χ4n) is 1.85. The highest BCUT2D eigenvalue weighted by molar-refractivity contribution is 6.35. The summed E-state index contributed by atoms with van der Waals surface area (Å²) < 4.78 is 0. The topological polar surface area (TPSA) is 72.9 Å². The third kappa shape index (κ3) is 4.27. The quantitative estimate of drug-likeness (QED) is 0.636. The number of carbonyl (C=O) groups is 2. The molecule has 0 aromatic rings. The Morgan fingerprint density at radius 1 is 1.28 bits per heavy atom. The van der Waals surface area contributed by atoms with E-state index in [-0.39, 0.29) is 12.6 Å². The molecule has 0 aromatic heterocycles. The highest BCUT2D eigenvalue weighted by Crippen LogP contribution is 2.02. The van der Waals surface area contributed by atoms with E-state index < -0.39 is 11.8 Å². The second kappa shape index (κ2) is 7.33. The fourth-order valence-corrected chi connectivity index (χ4v) is 1.85. The number of hydrogen-bond donors (Lipinski definition) is 2. The molecule has 2 N–H and O–H groups in total. The Bertz CT molecular complexity index is 288. The lowest BCUT2D eigenvalue weighted by atomic mass is 10.2. The molecule has 1 aliphatic heterocycles. The van der Waals surface area contributed by atoms with Gasteiger partial charge in [0.15, 0.2) is 0 Å². The van der Waals surface area contributed by atoms with Crippen molar-refractivity contribution in [1.82, 2.24) is 15.1 Å². The summed E-state index contributed by atoms with van der Waals surface area (Å²) >= 11 is 0. The summed E-state index contributed by atoms with van der Waals surface area (Å²) in [5.74, 6) is -0.959. The predicted octanol–water partition coefficient (Wildman–Crippen LogP) is -0.962. The fraction of sp³-hybridized carbons (Fsp3) is 0.833. The zero-order valence-electron chi connectivity index (χ0n) is 11.2. The molecule has 104 valence electrons. The molecule has 0 saturated carbocycles. The SMILES string of the molecule is CCC(C)NC(=O)C(=O)N1CCN(CCO)CC1. The van der Waals surface area contributed by atoms with Gasteiger partial charge in [0.25, 0.3) is 0 Å². The number of piperazine rings is 1. The van der Waals surface area contributed by atoms with Gasteiger partial charge in [-0.1, -0.05) is 6.92 Å².